The summed E-state index contributed by atoms with van der Waals surface area (Å²) in [7, 11) is 0. The van der Waals surface area contributed by atoms with Crippen LogP contribution in [0.4, 0.5) is 5.13 Å². The lowest BCUT2D eigenvalue weighted by atomic mass is 10.0. The summed E-state index contributed by atoms with van der Waals surface area (Å²) in [4.78, 5) is 22.5. The number of rotatable bonds is 10. The second-order valence-electron chi connectivity index (χ2n) is 7.74. The number of aromatic nitrogens is 1. The van der Waals surface area contributed by atoms with Gasteiger partial charge in [-0.1, -0.05) is 48.9 Å². The summed E-state index contributed by atoms with van der Waals surface area (Å²) in [5, 5.41) is 0.756. The molecule has 2 aromatic carbocycles. The van der Waals surface area contributed by atoms with Gasteiger partial charge in [0.05, 0.1) is 23.2 Å². The number of halogens is 1. The lowest BCUT2D eigenvalue weighted by Crippen LogP contribution is -2.39. The molecule has 1 aromatic heterocycles. The van der Waals surface area contributed by atoms with E-state index in [1.54, 1.807) is 11.3 Å². The molecule has 0 N–H and O–H groups in total. The van der Waals surface area contributed by atoms with E-state index >= 15 is 0 Å². The molecule has 174 valence electrons. The summed E-state index contributed by atoms with van der Waals surface area (Å²) < 4.78 is 6.67. The number of carbonyl (C=O) groups excluding carboxylic acids is 1. The van der Waals surface area contributed by atoms with Crippen molar-refractivity contribution in [2.24, 2.45) is 0 Å². The van der Waals surface area contributed by atoms with Crippen molar-refractivity contribution < 1.29 is 9.53 Å². The van der Waals surface area contributed by atoms with Gasteiger partial charge in [0.25, 0.3) is 0 Å². The van der Waals surface area contributed by atoms with E-state index in [1.807, 2.05) is 30.0 Å². The summed E-state index contributed by atoms with van der Waals surface area (Å²) in [6.45, 7) is 14.4. The standard InChI is InChI=1S/C25H33N3O2S.ClH/c1-6-27(7-2)13-14-28(24(29)16-20-15-18(4)9-10-19(20)5)25-26-22-12-11-21(30-8-3)17-23(22)31-25;/h9-12,15,17H,6-8,13-14,16H2,1-5H3;1H. The van der Waals surface area contributed by atoms with Crippen LogP contribution < -0.4 is 9.64 Å². The molecule has 1 heterocycles. The van der Waals surface area contributed by atoms with E-state index in [2.05, 4.69) is 50.8 Å². The molecule has 3 rings (SSSR count). The van der Waals surface area contributed by atoms with Crippen LogP contribution in [-0.4, -0.2) is 48.6 Å². The summed E-state index contributed by atoms with van der Waals surface area (Å²) in [5.41, 5.74) is 4.30. The molecular formula is C25H34ClN3O2S. The molecule has 0 aliphatic heterocycles. The molecule has 0 bridgehead atoms. The van der Waals surface area contributed by atoms with E-state index < -0.39 is 0 Å². The first-order chi connectivity index (χ1) is 14.9. The Morgan fingerprint density at radius 3 is 2.47 bits per heavy atom. The molecule has 0 saturated heterocycles. The highest BCUT2D eigenvalue weighted by molar-refractivity contribution is 7.22. The van der Waals surface area contributed by atoms with E-state index in [9.17, 15) is 4.79 Å². The average molecular weight is 476 g/mol. The third-order valence-electron chi connectivity index (χ3n) is 5.57. The number of aryl methyl sites for hydroxylation is 2. The Kier molecular flexibility index (Phi) is 9.94. The van der Waals surface area contributed by atoms with Crippen LogP contribution in [-0.2, 0) is 11.2 Å². The van der Waals surface area contributed by atoms with Crippen LogP contribution in [0.5, 0.6) is 5.75 Å². The minimum atomic E-state index is 0. The van der Waals surface area contributed by atoms with Gasteiger partial charge in [0.2, 0.25) is 5.91 Å². The van der Waals surface area contributed by atoms with Crippen molar-refractivity contribution in [1.82, 2.24) is 9.88 Å². The molecule has 0 fully saturated rings. The SMILES string of the molecule is CCOc1ccc2nc(N(CCN(CC)CC)C(=O)Cc3cc(C)ccc3C)sc2c1.Cl. The quantitative estimate of drug-likeness (QED) is 0.380. The second-order valence-corrected chi connectivity index (χ2v) is 8.75. The van der Waals surface area contributed by atoms with E-state index in [4.69, 9.17) is 9.72 Å². The van der Waals surface area contributed by atoms with E-state index in [1.165, 1.54) is 5.56 Å². The predicted molar refractivity (Wildman–Crippen MR) is 138 cm³/mol. The maximum atomic E-state index is 13.5. The number of hydrogen-bond acceptors (Lipinski definition) is 5. The minimum absolute atomic E-state index is 0. The fraction of sp³-hybridized carbons (Fsp3) is 0.440. The Bertz CT molecular complexity index is 1030. The molecule has 0 unspecified atom stereocenters. The molecule has 0 radical (unpaired) electrons. The van der Waals surface area contributed by atoms with Crippen molar-refractivity contribution in [2.75, 3.05) is 37.7 Å². The van der Waals surface area contributed by atoms with Crippen LogP contribution in [0.15, 0.2) is 36.4 Å². The molecule has 32 heavy (non-hydrogen) atoms. The first kappa shape index (κ1) is 26.1. The molecule has 1 amide bonds. The number of benzene rings is 2. The van der Waals surface area contributed by atoms with Crippen LogP contribution in [0, 0.1) is 13.8 Å². The van der Waals surface area contributed by atoms with Crippen molar-refractivity contribution in [3.63, 3.8) is 0 Å². The zero-order valence-electron chi connectivity index (χ0n) is 19.7. The predicted octanol–water partition coefficient (Wildman–Crippen LogP) is 5.65. The molecular weight excluding hydrogens is 442 g/mol. The summed E-state index contributed by atoms with van der Waals surface area (Å²) >= 11 is 1.55. The normalized spacial score (nSPS) is 10.9. The average Bonchev–Trinajstić information content (AvgIpc) is 3.17. The Morgan fingerprint density at radius 2 is 1.78 bits per heavy atom. The summed E-state index contributed by atoms with van der Waals surface area (Å²) in [5.74, 6) is 0.923. The van der Waals surface area contributed by atoms with Crippen molar-refractivity contribution in [2.45, 2.75) is 41.0 Å². The van der Waals surface area contributed by atoms with Crippen LogP contribution in [0.3, 0.4) is 0 Å². The highest BCUT2D eigenvalue weighted by Crippen LogP contribution is 2.32. The van der Waals surface area contributed by atoms with E-state index in [0.717, 1.165) is 51.9 Å². The number of hydrogen-bond donors (Lipinski definition) is 0. The van der Waals surface area contributed by atoms with Gasteiger partial charge in [-0.15, -0.1) is 12.4 Å². The van der Waals surface area contributed by atoms with Gasteiger partial charge in [-0.3, -0.25) is 9.69 Å². The second kappa shape index (κ2) is 12.2. The van der Waals surface area contributed by atoms with Crippen LogP contribution in [0.2, 0.25) is 0 Å². The maximum absolute atomic E-state index is 13.5. The van der Waals surface area contributed by atoms with Crippen LogP contribution in [0.25, 0.3) is 10.2 Å². The zero-order valence-corrected chi connectivity index (χ0v) is 21.3. The molecule has 0 aliphatic rings. The van der Waals surface area contributed by atoms with Crippen molar-refractivity contribution >= 4 is 45.0 Å². The lowest BCUT2D eigenvalue weighted by Gasteiger charge is -2.25. The van der Waals surface area contributed by atoms with Gasteiger partial charge in [0.1, 0.15) is 5.75 Å². The molecule has 0 saturated carbocycles. The Labute approximate surface area is 201 Å². The monoisotopic (exact) mass is 475 g/mol. The minimum Gasteiger partial charge on any atom is -0.494 e. The van der Waals surface area contributed by atoms with Gasteiger partial charge in [-0.05, 0) is 63.2 Å². The topological polar surface area (TPSA) is 45.7 Å². The van der Waals surface area contributed by atoms with Gasteiger partial charge >= 0.3 is 0 Å². The highest BCUT2D eigenvalue weighted by Gasteiger charge is 2.21. The summed E-state index contributed by atoms with van der Waals surface area (Å²) in [6.07, 6.45) is 0.381. The van der Waals surface area contributed by atoms with E-state index in [0.29, 0.717) is 19.6 Å². The van der Waals surface area contributed by atoms with Crippen molar-refractivity contribution in [3.8, 4) is 5.75 Å². The number of amides is 1. The lowest BCUT2D eigenvalue weighted by molar-refractivity contribution is -0.118. The maximum Gasteiger partial charge on any atom is 0.233 e. The Hall–Kier alpha value is -2.15. The molecule has 0 spiro atoms. The molecule has 0 aliphatic carbocycles. The molecule has 3 aromatic rings. The first-order valence-corrected chi connectivity index (χ1v) is 11.9. The largest absolute Gasteiger partial charge is 0.494 e. The number of anilines is 1. The number of thiazole rings is 1. The van der Waals surface area contributed by atoms with Gasteiger partial charge in [-0.25, -0.2) is 4.98 Å². The van der Waals surface area contributed by atoms with Gasteiger partial charge in [0.15, 0.2) is 5.13 Å². The number of likely N-dealkylation sites (N-methyl/N-ethyl adjacent to an activating group) is 1. The smallest absolute Gasteiger partial charge is 0.233 e. The number of nitrogens with zero attached hydrogens (tertiary/aromatic N) is 3. The van der Waals surface area contributed by atoms with Gasteiger partial charge < -0.3 is 9.64 Å². The van der Waals surface area contributed by atoms with Gasteiger partial charge in [-0.2, -0.15) is 0 Å². The fourth-order valence-corrected chi connectivity index (χ4v) is 4.66. The third kappa shape index (κ3) is 6.44. The number of carbonyl (C=O) groups is 1. The van der Waals surface area contributed by atoms with Crippen LogP contribution in [0.1, 0.15) is 37.5 Å². The molecule has 0 atom stereocenters. The number of ether oxygens (including phenoxy) is 1. The Balaban J connectivity index is 0.00000363. The van der Waals surface area contributed by atoms with Crippen LogP contribution >= 0.6 is 23.7 Å². The third-order valence-corrected chi connectivity index (χ3v) is 6.61. The summed E-state index contributed by atoms with van der Waals surface area (Å²) in [6, 6.07) is 12.2. The fourth-order valence-electron chi connectivity index (χ4n) is 3.62. The van der Waals surface area contributed by atoms with E-state index in [-0.39, 0.29) is 18.3 Å². The first-order valence-electron chi connectivity index (χ1n) is 11.1. The zero-order chi connectivity index (χ0) is 22.4. The van der Waals surface area contributed by atoms with Crippen molar-refractivity contribution in [1.29, 1.82) is 0 Å². The van der Waals surface area contributed by atoms with Crippen molar-refractivity contribution in [3.05, 3.63) is 53.1 Å². The molecule has 7 heteroatoms. The molecule has 5 nitrogen and oxygen atoms in total. The Morgan fingerprint density at radius 1 is 1.03 bits per heavy atom. The van der Waals surface area contributed by atoms with Gasteiger partial charge in [0, 0.05) is 13.1 Å². The highest BCUT2D eigenvalue weighted by atomic mass is 35.5. The number of fused-ring (bicyclic) bond motifs is 1.